The van der Waals surface area contributed by atoms with Gasteiger partial charge in [-0.25, -0.2) is 0 Å². The number of hydrogen-bond acceptors (Lipinski definition) is 2. The van der Waals surface area contributed by atoms with E-state index in [1.54, 1.807) is 0 Å². The van der Waals surface area contributed by atoms with E-state index in [-0.39, 0.29) is 0 Å². The lowest BCUT2D eigenvalue weighted by atomic mass is 10.5. The molecule has 2 nitrogen and oxygen atoms in total. The van der Waals surface area contributed by atoms with E-state index < -0.39 is 8.32 Å². The van der Waals surface area contributed by atoms with Gasteiger partial charge in [0.15, 0.2) is 8.32 Å². The summed E-state index contributed by atoms with van der Waals surface area (Å²) < 4.78 is 6.13. The molecule has 0 saturated carbocycles. The van der Waals surface area contributed by atoms with E-state index in [0.717, 1.165) is 19.6 Å². The highest BCUT2D eigenvalue weighted by molar-refractivity contribution is 6.73. The van der Waals surface area contributed by atoms with Crippen molar-refractivity contribution in [2.45, 2.75) is 51.7 Å². The van der Waals surface area contributed by atoms with Crippen LogP contribution in [0.4, 0.5) is 0 Å². The Kier molecular flexibility index (Phi) is 8.53. The van der Waals surface area contributed by atoms with E-state index in [0.29, 0.717) is 0 Å². The quantitative estimate of drug-likeness (QED) is 0.473. The second-order valence-electron chi connectivity index (χ2n) is 3.95. The molecule has 0 aliphatic rings. The van der Waals surface area contributed by atoms with Crippen molar-refractivity contribution in [3.63, 3.8) is 0 Å². The van der Waals surface area contributed by atoms with Crippen molar-refractivity contribution in [2.75, 3.05) is 20.2 Å². The van der Waals surface area contributed by atoms with Crippen LogP contribution in [0.2, 0.25) is 18.1 Å². The van der Waals surface area contributed by atoms with E-state index in [1.165, 1.54) is 24.6 Å². The third-order valence-electron chi connectivity index (χ3n) is 2.96. The first-order valence-electron chi connectivity index (χ1n) is 6.03. The fourth-order valence-corrected chi connectivity index (χ4v) is 5.00. The maximum Gasteiger partial charge on any atom is 0.192 e. The van der Waals surface area contributed by atoms with Crippen LogP contribution in [0.5, 0.6) is 0 Å². The second kappa shape index (κ2) is 8.45. The lowest BCUT2D eigenvalue weighted by Crippen LogP contribution is -2.37. The van der Waals surface area contributed by atoms with Gasteiger partial charge in [-0.15, -0.1) is 0 Å². The summed E-state index contributed by atoms with van der Waals surface area (Å²) >= 11 is 0. The van der Waals surface area contributed by atoms with Gasteiger partial charge < -0.3 is 9.74 Å². The minimum Gasteiger partial charge on any atom is -0.417 e. The van der Waals surface area contributed by atoms with E-state index in [1.807, 2.05) is 7.05 Å². The highest BCUT2D eigenvalue weighted by Crippen LogP contribution is 2.23. The summed E-state index contributed by atoms with van der Waals surface area (Å²) in [6, 6.07) is 3.86. The van der Waals surface area contributed by atoms with Crippen molar-refractivity contribution in [1.29, 1.82) is 0 Å². The van der Waals surface area contributed by atoms with Crippen molar-refractivity contribution >= 4 is 8.32 Å². The van der Waals surface area contributed by atoms with E-state index in [9.17, 15) is 0 Å². The zero-order chi connectivity index (χ0) is 10.9. The molecule has 0 rings (SSSR count). The largest absolute Gasteiger partial charge is 0.417 e. The Morgan fingerprint density at radius 2 is 1.79 bits per heavy atom. The van der Waals surface area contributed by atoms with Crippen LogP contribution in [0, 0.1) is 0 Å². The predicted octanol–water partition coefficient (Wildman–Crippen LogP) is 3.01. The van der Waals surface area contributed by atoms with Gasteiger partial charge in [0.05, 0.1) is 0 Å². The molecule has 0 fully saturated rings. The molecule has 86 valence electrons. The van der Waals surface area contributed by atoms with Gasteiger partial charge in [-0.05, 0) is 44.6 Å². The molecule has 14 heavy (non-hydrogen) atoms. The van der Waals surface area contributed by atoms with Gasteiger partial charge >= 0.3 is 0 Å². The zero-order valence-electron chi connectivity index (χ0n) is 10.4. The fourth-order valence-electron chi connectivity index (χ4n) is 1.79. The highest BCUT2D eigenvalue weighted by Gasteiger charge is 2.29. The van der Waals surface area contributed by atoms with E-state index >= 15 is 0 Å². The molecular weight excluding hydrogens is 190 g/mol. The molecule has 0 heterocycles. The molecule has 1 N–H and O–H groups in total. The van der Waals surface area contributed by atoms with Gasteiger partial charge in [-0.1, -0.05) is 20.8 Å². The summed E-state index contributed by atoms with van der Waals surface area (Å²) in [5, 5.41) is 3.21. The summed E-state index contributed by atoms with van der Waals surface area (Å²) in [6.45, 7) is 8.88. The zero-order valence-corrected chi connectivity index (χ0v) is 11.4. The molecular formula is C11H27NOSi. The molecule has 0 saturated heterocycles. The first-order chi connectivity index (χ1) is 6.74. The number of rotatable bonds is 9. The second-order valence-corrected chi connectivity index (χ2v) is 8.51. The Balaban J connectivity index is 3.94. The molecule has 0 aromatic carbocycles. The van der Waals surface area contributed by atoms with Crippen LogP contribution in [-0.4, -0.2) is 28.5 Å². The molecule has 0 bridgehead atoms. The molecule has 0 spiro atoms. The lowest BCUT2D eigenvalue weighted by molar-refractivity contribution is 0.297. The summed E-state index contributed by atoms with van der Waals surface area (Å²) in [7, 11) is 0.680. The molecule has 0 aromatic heterocycles. The normalized spacial score (nSPS) is 12.0. The minimum absolute atomic E-state index is 0.966. The smallest absolute Gasteiger partial charge is 0.192 e. The van der Waals surface area contributed by atoms with Gasteiger partial charge in [0, 0.05) is 6.61 Å². The summed E-state index contributed by atoms with van der Waals surface area (Å²) in [5.74, 6) is 0. The van der Waals surface area contributed by atoms with Crippen molar-refractivity contribution in [2.24, 2.45) is 0 Å². The van der Waals surface area contributed by atoms with Gasteiger partial charge in [0.25, 0.3) is 0 Å². The van der Waals surface area contributed by atoms with E-state index in [4.69, 9.17) is 4.43 Å². The Labute approximate surface area is 90.6 Å². The van der Waals surface area contributed by atoms with Gasteiger partial charge in [-0.2, -0.15) is 0 Å². The minimum atomic E-state index is -1.34. The average Bonchev–Trinajstić information content (AvgIpc) is 2.24. The highest BCUT2D eigenvalue weighted by atomic mass is 28.4. The topological polar surface area (TPSA) is 21.3 Å². The lowest BCUT2D eigenvalue weighted by Gasteiger charge is -2.29. The van der Waals surface area contributed by atoms with Crippen LogP contribution in [0.25, 0.3) is 0 Å². The van der Waals surface area contributed by atoms with Gasteiger partial charge in [0.2, 0.25) is 0 Å². The average molecular weight is 217 g/mol. The molecule has 0 aliphatic carbocycles. The van der Waals surface area contributed by atoms with Crippen molar-refractivity contribution < 1.29 is 4.43 Å². The third-order valence-corrected chi connectivity index (χ3v) is 7.62. The SMILES string of the molecule is CCCO[Si](CC)(CC)CCCNC. The van der Waals surface area contributed by atoms with Crippen LogP contribution in [0.3, 0.4) is 0 Å². The van der Waals surface area contributed by atoms with Gasteiger partial charge in [-0.3, -0.25) is 0 Å². The molecule has 0 radical (unpaired) electrons. The van der Waals surface area contributed by atoms with Crippen LogP contribution in [0.1, 0.15) is 33.6 Å². The summed E-state index contributed by atoms with van der Waals surface area (Å²) in [6.07, 6.45) is 2.43. The molecule has 0 aliphatic heterocycles. The standard InChI is InChI=1S/C11H27NOSi/c1-5-10-13-14(6-2,7-3)11-8-9-12-4/h12H,5-11H2,1-4H3. The fraction of sp³-hybridized carbons (Fsp3) is 1.00. The van der Waals surface area contributed by atoms with Crippen molar-refractivity contribution in [3.8, 4) is 0 Å². The maximum absolute atomic E-state index is 6.13. The van der Waals surface area contributed by atoms with Crippen LogP contribution < -0.4 is 5.32 Å². The molecule has 0 atom stereocenters. The van der Waals surface area contributed by atoms with E-state index in [2.05, 4.69) is 26.1 Å². The van der Waals surface area contributed by atoms with Crippen LogP contribution in [-0.2, 0) is 4.43 Å². The third kappa shape index (κ3) is 5.13. The Morgan fingerprint density at radius 3 is 2.21 bits per heavy atom. The van der Waals surface area contributed by atoms with Gasteiger partial charge in [0.1, 0.15) is 0 Å². The first kappa shape index (κ1) is 14.1. The summed E-state index contributed by atoms with van der Waals surface area (Å²) in [4.78, 5) is 0. The monoisotopic (exact) mass is 217 g/mol. The Hall–Kier alpha value is 0.137. The maximum atomic E-state index is 6.13. The Morgan fingerprint density at radius 1 is 1.14 bits per heavy atom. The number of nitrogens with one attached hydrogen (secondary N) is 1. The first-order valence-corrected chi connectivity index (χ1v) is 8.56. The Bertz CT molecular complexity index is 126. The molecule has 0 aromatic rings. The summed E-state index contributed by atoms with van der Waals surface area (Å²) in [5.41, 5.74) is 0. The molecule has 0 amide bonds. The molecule has 0 unspecified atom stereocenters. The van der Waals surface area contributed by atoms with Crippen molar-refractivity contribution in [3.05, 3.63) is 0 Å². The van der Waals surface area contributed by atoms with Crippen molar-refractivity contribution in [1.82, 2.24) is 5.32 Å². The predicted molar refractivity (Wildman–Crippen MR) is 66.3 cm³/mol. The number of hydrogen-bond donors (Lipinski definition) is 1. The van der Waals surface area contributed by atoms with Crippen LogP contribution >= 0.6 is 0 Å². The molecule has 3 heteroatoms. The van der Waals surface area contributed by atoms with Crippen LogP contribution in [0.15, 0.2) is 0 Å².